The Morgan fingerprint density at radius 2 is 1.89 bits per heavy atom. The number of halogens is 2. The molecule has 0 aromatic heterocycles. The van der Waals surface area contributed by atoms with Gasteiger partial charge in [0.05, 0.1) is 0 Å². The SMILES string of the molecule is CN(CC1(N(C)C)CCC1)c1ccc(Br)cc1CBr. The van der Waals surface area contributed by atoms with E-state index in [1.165, 1.54) is 30.5 Å². The summed E-state index contributed by atoms with van der Waals surface area (Å²) in [5.41, 5.74) is 3.03. The fourth-order valence-electron chi connectivity index (χ4n) is 2.89. The van der Waals surface area contributed by atoms with Crippen LogP contribution < -0.4 is 4.90 Å². The Balaban J connectivity index is 2.18. The summed E-state index contributed by atoms with van der Waals surface area (Å²) >= 11 is 7.14. The molecule has 0 heterocycles. The first-order valence-electron chi connectivity index (χ1n) is 6.71. The molecule has 0 bridgehead atoms. The quantitative estimate of drug-likeness (QED) is 0.694. The lowest BCUT2D eigenvalue weighted by Crippen LogP contribution is -2.56. The second-order valence-electron chi connectivity index (χ2n) is 5.74. The van der Waals surface area contributed by atoms with E-state index in [0.29, 0.717) is 5.54 Å². The number of anilines is 1. The van der Waals surface area contributed by atoms with Gasteiger partial charge in [-0.1, -0.05) is 31.9 Å². The fourth-order valence-corrected chi connectivity index (χ4v) is 3.75. The molecule has 0 aliphatic heterocycles. The van der Waals surface area contributed by atoms with Crippen LogP contribution in [-0.4, -0.2) is 38.1 Å². The maximum Gasteiger partial charge on any atom is 0.0406 e. The van der Waals surface area contributed by atoms with Crippen LogP contribution in [0.5, 0.6) is 0 Å². The highest BCUT2D eigenvalue weighted by molar-refractivity contribution is 9.10. The molecule has 2 nitrogen and oxygen atoms in total. The minimum Gasteiger partial charge on any atom is -0.372 e. The van der Waals surface area contributed by atoms with Crippen molar-refractivity contribution in [2.45, 2.75) is 30.1 Å². The van der Waals surface area contributed by atoms with Crippen LogP contribution in [0.25, 0.3) is 0 Å². The topological polar surface area (TPSA) is 6.48 Å². The summed E-state index contributed by atoms with van der Waals surface area (Å²) in [5.74, 6) is 0. The van der Waals surface area contributed by atoms with Gasteiger partial charge in [0.25, 0.3) is 0 Å². The summed E-state index contributed by atoms with van der Waals surface area (Å²) < 4.78 is 1.14. The predicted molar refractivity (Wildman–Crippen MR) is 90.3 cm³/mol. The van der Waals surface area contributed by atoms with Gasteiger partial charge in [-0.05, 0) is 57.1 Å². The lowest BCUT2D eigenvalue weighted by molar-refractivity contribution is 0.0683. The summed E-state index contributed by atoms with van der Waals surface area (Å²) in [6.45, 7) is 1.10. The van der Waals surface area contributed by atoms with E-state index < -0.39 is 0 Å². The minimum absolute atomic E-state index is 0.366. The normalized spacial score (nSPS) is 17.4. The van der Waals surface area contributed by atoms with Crippen LogP contribution in [0.1, 0.15) is 24.8 Å². The zero-order valence-electron chi connectivity index (χ0n) is 11.9. The van der Waals surface area contributed by atoms with Crippen LogP contribution >= 0.6 is 31.9 Å². The molecule has 1 aromatic rings. The van der Waals surface area contributed by atoms with E-state index in [1.54, 1.807) is 0 Å². The average Bonchev–Trinajstić information content (AvgIpc) is 2.32. The monoisotopic (exact) mass is 388 g/mol. The van der Waals surface area contributed by atoms with E-state index in [4.69, 9.17) is 0 Å². The molecule has 1 aromatic carbocycles. The summed E-state index contributed by atoms with van der Waals surface area (Å²) in [5, 5.41) is 0.890. The van der Waals surface area contributed by atoms with Crippen LogP contribution in [0.4, 0.5) is 5.69 Å². The largest absolute Gasteiger partial charge is 0.372 e. The van der Waals surface area contributed by atoms with E-state index in [1.807, 2.05) is 0 Å². The molecular weight excluding hydrogens is 368 g/mol. The third-order valence-electron chi connectivity index (χ3n) is 4.36. The molecule has 2 rings (SSSR count). The first-order valence-corrected chi connectivity index (χ1v) is 8.63. The molecule has 4 heteroatoms. The Kier molecular flexibility index (Phi) is 4.96. The van der Waals surface area contributed by atoms with Gasteiger partial charge in [-0.2, -0.15) is 0 Å². The maximum absolute atomic E-state index is 3.59. The van der Waals surface area contributed by atoms with Crippen molar-refractivity contribution in [1.82, 2.24) is 4.90 Å². The van der Waals surface area contributed by atoms with Gasteiger partial charge < -0.3 is 9.80 Å². The predicted octanol–water partition coefficient (Wildman–Crippen LogP) is 4.26. The van der Waals surface area contributed by atoms with Gasteiger partial charge in [-0.15, -0.1) is 0 Å². The van der Waals surface area contributed by atoms with Gasteiger partial charge in [0.1, 0.15) is 0 Å². The third-order valence-corrected chi connectivity index (χ3v) is 5.46. The van der Waals surface area contributed by atoms with Crippen molar-refractivity contribution >= 4 is 37.5 Å². The summed E-state index contributed by atoms with van der Waals surface area (Å²) in [7, 11) is 6.62. The van der Waals surface area contributed by atoms with Crippen molar-refractivity contribution in [3.63, 3.8) is 0 Å². The third kappa shape index (κ3) is 3.17. The molecule has 0 amide bonds. The number of alkyl halides is 1. The summed E-state index contributed by atoms with van der Waals surface area (Å²) in [6, 6.07) is 6.54. The summed E-state index contributed by atoms with van der Waals surface area (Å²) in [6.07, 6.45) is 3.98. The molecule has 0 spiro atoms. The Labute approximate surface area is 133 Å². The zero-order valence-corrected chi connectivity index (χ0v) is 15.1. The van der Waals surface area contributed by atoms with Crippen LogP contribution in [-0.2, 0) is 5.33 Å². The lowest BCUT2D eigenvalue weighted by Gasteiger charge is -2.49. The van der Waals surface area contributed by atoms with Crippen molar-refractivity contribution < 1.29 is 0 Å². The molecule has 1 aliphatic carbocycles. The highest BCUT2D eigenvalue weighted by atomic mass is 79.9. The molecule has 0 radical (unpaired) electrons. The van der Waals surface area contributed by atoms with Crippen molar-refractivity contribution in [3.8, 4) is 0 Å². The van der Waals surface area contributed by atoms with E-state index in [9.17, 15) is 0 Å². The minimum atomic E-state index is 0.366. The molecule has 19 heavy (non-hydrogen) atoms. The van der Waals surface area contributed by atoms with Crippen LogP contribution in [0, 0.1) is 0 Å². The van der Waals surface area contributed by atoms with Crippen molar-refractivity contribution in [2.24, 2.45) is 0 Å². The molecular formula is C15H22Br2N2. The molecule has 1 saturated carbocycles. The standard InChI is InChI=1S/C15H22Br2N2/c1-18(2)15(7-4-8-15)11-19(3)14-6-5-13(17)9-12(14)10-16/h5-6,9H,4,7-8,10-11H2,1-3H3. The van der Waals surface area contributed by atoms with E-state index in [2.05, 4.69) is 81.0 Å². The number of likely N-dealkylation sites (N-methyl/N-ethyl adjacent to an activating group) is 2. The second kappa shape index (κ2) is 6.15. The molecule has 106 valence electrons. The Hall–Kier alpha value is -0.0600. The smallest absolute Gasteiger partial charge is 0.0406 e. The molecule has 1 aliphatic rings. The van der Waals surface area contributed by atoms with Crippen molar-refractivity contribution in [2.75, 3.05) is 32.6 Å². The van der Waals surface area contributed by atoms with Gasteiger partial charge >= 0.3 is 0 Å². The number of hydrogen-bond donors (Lipinski definition) is 0. The van der Waals surface area contributed by atoms with Crippen molar-refractivity contribution in [1.29, 1.82) is 0 Å². The van der Waals surface area contributed by atoms with Crippen LogP contribution in [0.15, 0.2) is 22.7 Å². The molecule has 0 N–H and O–H groups in total. The molecule has 0 unspecified atom stereocenters. The van der Waals surface area contributed by atoms with Crippen LogP contribution in [0.3, 0.4) is 0 Å². The van der Waals surface area contributed by atoms with Gasteiger partial charge in [0, 0.05) is 34.6 Å². The number of benzene rings is 1. The fraction of sp³-hybridized carbons (Fsp3) is 0.600. The zero-order chi connectivity index (χ0) is 14.0. The van der Waals surface area contributed by atoms with Gasteiger partial charge in [0.2, 0.25) is 0 Å². The Bertz CT molecular complexity index is 442. The van der Waals surface area contributed by atoms with E-state index >= 15 is 0 Å². The average molecular weight is 390 g/mol. The molecule has 0 atom stereocenters. The highest BCUT2D eigenvalue weighted by Gasteiger charge is 2.40. The Morgan fingerprint density at radius 3 is 2.37 bits per heavy atom. The number of nitrogens with zero attached hydrogens (tertiary/aromatic N) is 2. The first-order chi connectivity index (χ1) is 8.98. The molecule has 1 fully saturated rings. The van der Waals surface area contributed by atoms with Gasteiger partial charge in [0.15, 0.2) is 0 Å². The Morgan fingerprint density at radius 1 is 1.21 bits per heavy atom. The number of hydrogen-bond acceptors (Lipinski definition) is 2. The second-order valence-corrected chi connectivity index (χ2v) is 7.21. The first kappa shape index (κ1) is 15.3. The van der Waals surface area contributed by atoms with E-state index in [0.717, 1.165) is 16.3 Å². The van der Waals surface area contributed by atoms with Crippen LogP contribution in [0.2, 0.25) is 0 Å². The van der Waals surface area contributed by atoms with Gasteiger partial charge in [-0.3, -0.25) is 0 Å². The highest BCUT2D eigenvalue weighted by Crippen LogP contribution is 2.38. The number of rotatable bonds is 5. The molecule has 0 saturated heterocycles. The van der Waals surface area contributed by atoms with Crippen molar-refractivity contribution in [3.05, 3.63) is 28.2 Å². The lowest BCUT2D eigenvalue weighted by atomic mass is 9.75. The summed E-state index contributed by atoms with van der Waals surface area (Å²) in [4.78, 5) is 4.81. The van der Waals surface area contributed by atoms with Gasteiger partial charge in [-0.25, -0.2) is 0 Å². The maximum atomic E-state index is 3.59. The van der Waals surface area contributed by atoms with E-state index in [-0.39, 0.29) is 0 Å².